The van der Waals surface area contributed by atoms with Gasteiger partial charge in [0.2, 0.25) is 0 Å². The van der Waals surface area contributed by atoms with Crippen LogP contribution in [0.5, 0.6) is 0 Å². The van der Waals surface area contributed by atoms with Crippen LogP contribution >= 0.6 is 22.6 Å². The largest absolute Gasteiger partial charge is 0.363 e. The molecule has 1 aromatic rings. The van der Waals surface area contributed by atoms with Crippen LogP contribution in [-0.4, -0.2) is 0 Å². The molecule has 0 amide bonds. The van der Waals surface area contributed by atoms with Crippen LogP contribution in [0.2, 0.25) is 0 Å². The molecule has 1 aliphatic heterocycles. The molecular formula is C12H14FIN2. The predicted molar refractivity (Wildman–Crippen MR) is 71.3 cm³/mol. The van der Waals surface area contributed by atoms with Crippen LogP contribution in [-0.2, 0) is 5.66 Å². The van der Waals surface area contributed by atoms with Crippen LogP contribution in [0.1, 0.15) is 19.4 Å². The van der Waals surface area contributed by atoms with Crippen molar-refractivity contribution in [3.8, 4) is 0 Å². The Hall–Kier alpha value is -0.780. The van der Waals surface area contributed by atoms with Crippen LogP contribution in [0.3, 0.4) is 0 Å². The molecule has 2 N–H and O–H groups in total. The minimum atomic E-state index is -0.315. The number of rotatable bonds is 2. The molecule has 2 nitrogen and oxygen atoms in total. The van der Waals surface area contributed by atoms with Crippen molar-refractivity contribution in [3.05, 3.63) is 45.5 Å². The van der Waals surface area contributed by atoms with E-state index in [1.807, 2.05) is 18.3 Å². The molecule has 1 aliphatic rings. The lowest BCUT2D eigenvalue weighted by Crippen LogP contribution is -2.50. The molecule has 0 fully saturated rings. The van der Waals surface area contributed by atoms with Gasteiger partial charge in [0.05, 0.1) is 3.70 Å². The summed E-state index contributed by atoms with van der Waals surface area (Å²) in [6.45, 7) is 4.26. The van der Waals surface area contributed by atoms with Crippen molar-refractivity contribution >= 4 is 22.6 Å². The maximum Gasteiger partial charge on any atom is 0.137 e. The lowest BCUT2D eigenvalue weighted by Gasteiger charge is -2.35. The summed E-state index contributed by atoms with van der Waals surface area (Å²) in [5.41, 5.74) is 0.733. The second-order valence-corrected chi connectivity index (χ2v) is 5.39. The van der Waals surface area contributed by atoms with E-state index in [1.165, 1.54) is 12.1 Å². The Morgan fingerprint density at radius 3 is 2.31 bits per heavy atom. The van der Waals surface area contributed by atoms with Gasteiger partial charge in [-0.3, -0.25) is 0 Å². The summed E-state index contributed by atoms with van der Waals surface area (Å²) in [5, 5.41) is 6.77. The van der Waals surface area contributed by atoms with Gasteiger partial charge in [-0.1, -0.05) is 26.0 Å². The van der Waals surface area contributed by atoms with Crippen molar-refractivity contribution in [1.82, 2.24) is 10.6 Å². The summed E-state index contributed by atoms with van der Waals surface area (Å²) in [7, 11) is 0. The van der Waals surface area contributed by atoms with E-state index in [-0.39, 0.29) is 11.5 Å². The van der Waals surface area contributed by atoms with E-state index in [9.17, 15) is 4.39 Å². The second-order valence-electron chi connectivity index (χ2n) is 4.23. The average Bonchev–Trinajstić information content (AvgIpc) is 2.63. The number of hydrogen-bond acceptors (Lipinski definition) is 2. The molecule has 0 saturated heterocycles. The fourth-order valence-electron chi connectivity index (χ4n) is 1.95. The van der Waals surface area contributed by atoms with Gasteiger partial charge in [-0.05, 0) is 46.2 Å². The highest BCUT2D eigenvalue weighted by molar-refractivity contribution is 14.1. The molecule has 0 saturated carbocycles. The summed E-state index contributed by atoms with van der Waals surface area (Å²) in [5.74, 6) is 0.143. The van der Waals surface area contributed by atoms with Crippen LogP contribution in [0.25, 0.3) is 0 Å². The summed E-state index contributed by atoms with van der Waals surface area (Å²) in [4.78, 5) is 0. The average molecular weight is 332 g/mol. The summed E-state index contributed by atoms with van der Waals surface area (Å²) in [6.07, 6.45) is 1.95. The smallest absolute Gasteiger partial charge is 0.137 e. The first-order valence-corrected chi connectivity index (χ1v) is 6.30. The Kier molecular flexibility index (Phi) is 3.10. The molecule has 86 valence electrons. The van der Waals surface area contributed by atoms with E-state index in [4.69, 9.17) is 0 Å². The van der Waals surface area contributed by atoms with Crippen LogP contribution in [0.4, 0.5) is 4.39 Å². The van der Waals surface area contributed by atoms with Crippen molar-refractivity contribution in [3.63, 3.8) is 0 Å². The molecule has 0 spiro atoms. The molecule has 0 aromatic heterocycles. The van der Waals surface area contributed by atoms with Gasteiger partial charge in [-0.2, -0.15) is 0 Å². The molecule has 4 heteroatoms. The number of halogens is 2. The molecule has 0 radical (unpaired) electrons. The van der Waals surface area contributed by atoms with E-state index in [2.05, 4.69) is 47.1 Å². The Balaban J connectivity index is 2.38. The van der Waals surface area contributed by atoms with Crippen molar-refractivity contribution in [1.29, 1.82) is 0 Å². The molecule has 0 bridgehead atoms. The SMILES string of the molecule is CC(C)C1(c2ccc(F)cc2)NC=C(I)N1. The normalized spacial score (nSPS) is 23.9. The summed E-state index contributed by atoms with van der Waals surface area (Å²) < 4.78 is 14.0. The van der Waals surface area contributed by atoms with Crippen LogP contribution in [0.15, 0.2) is 34.2 Å². The number of benzene rings is 1. The Bertz CT molecular complexity index is 414. The summed E-state index contributed by atoms with van der Waals surface area (Å²) in [6, 6.07) is 6.62. The fraction of sp³-hybridized carbons (Fsp3) is 0.333. The third kappa shape index (κ3) is 1.90. The zero-order valence-corrected chi connectivity index (χ0v) is 11.4. The maximum atomic E-state index is 12.9. The Labute approximate surface area is 108 Å². The zero-order valence-electron chi connectivity index (χ0n) is 9.22. The predicted octanol–water partition coefficient (Wildman–Crippen LogP) is 3.06. The van der Waals surface area contributed by atoms with Gasteiger partial charge in [0.1, 0.15) is 11.5 Å². The van der Waals surface area contributed by atoms with Crippen molar-refractivity contribution in [2.75, 3.05) is 0 Å². The third-order valence-electron chi connectivity index (χ3n) is 2.91. The molecular weight excluding hydrogens is 318 g/mol. The highest BCUT2D eigenvalue weighted by Gasteiger charge is 2.38. The standard InChI is InChI=1S/C12H14FIN2/c1-8(2)12(15-7-11(14)16-12)9-3-5-10(13)6-4-9/h3-8,15-16H,1-2H3. The van der Waals surface area contributed by atoms with E-state index >= 15 is 0 Å². The maximum absolute atomic E-state index is 12.9. The van der Waals surface area contributed by atoms with Crippen molar-refractivity contribution in [2.45, 2.75) is 19.5 Å². The quantitative estimate of drug-likeness (QED) is 0.643. The molecule has 1 heterocycles. The first-order valence-electron chi connectivity index (χ1n) is 5.22. The summed E-state index contributed by atoms with van der Waals surface area (Å²) >= 11 is 2.24. The van der Waals surface area contributed by atoms with Crippen LogP contribution in [0, 0.1) is 11.7 Å². The topological polar surface area (TPSA) is 24.1 Å². The highest BCUT2D eigenvalue weighted by Crippen LogP contribution is 2.32. The molecule has 1 atom stereocenters. The molecule has 2 rings (SSSR count). The van der Waals surface area contributed by atoms with E-state index in [1.54, 1.807) is 0 Å². The van der Waals surface area contributed by atoms with E-state index in [0.717, 1.165) is 9.27 Å². The van der Waals surface area contributed by atoms with Gasteiger partial charge in [-0.15, -0.1) is 0 Å². The zero-order chi connectivity index (χ0) is 11.8. The van der Waals surface area contributed by atoms with E-state index < -0.39 is 0 Å². The fourth-order valence-corrected chi connectivity index (χ4v) is 2.53. The molecule has 16 heavy (non-hydrogen) atoms. The molecule has 0 aliphatic carbocycles. The van der Waals surface area contributed by atoms with Gasteiger partial charge in [-0.25, -0.2) is 4.39 Å². The van der Waals surface area contributed by atoms with Gasteiger partial charge in [0, 0.05) is 6.20 Å². The van der Waals surface area contributed by atoms with Gasteiger partial charge >= 0.3 is 0 Å². The Morgan fingerprint density at radius 2 is 1.88 bits per heavy atom. The first kappa shape index (κ1) is 11.7. The van der Waals surface area contributed by atoms with Crippen molar-refractivity contribution < 1.29 is 4.39 Å². The first-order chi connectivity index (χ1) is 7.54. The van der Waals surface area contributed by atoms with E-state index in [0.29, 0.717) is 5.92 Å². The monoisotopic (exact) mass is 332 g/mol. The van der Waals surface area contributed by atoms with Crippen molar-refractivity contribution in [2.24, 2.45) is 5.92 Å². The lowest BCUT2D eigenvalue weighted by molar-refractivity contribution is 0.250. The molecule has 1 unspecified atom stereocenters. The van der Waals surface area contributed by atoms with Crippen LogP contribution < -0.4 is 10.6 Å². The lowest BCUT2D eigenvalue weighted by atomic mass is 9.89. The van der Waals surface area contributed by atoms with Gasteiger partial charge < -0.3 is 10.6 Å². The second kappa shape index (κ2) is 4.24. The molecule has 1 aromatic carbocycles. The minimum absolute atomic E-state index is 0.205. The highest BCUT2D eigenvalue weighted by atomic mass is 127. The third-order valence-corrected chi connectivity index (χ3v) is 3.49. The Morgan fingerprint density at radius 1 is 1.25 bits per heavy atom. The number of nitrogens with one attached hydrogen (secondary N) is 2. The van der Waals surface area contributed by atoms with Gasteiger partial charge in [0.25, 0.3) is 0 Å². The minimum Gasteiger partial charge on any atom is -0.363 e. The number of hydrogen-bond donors (Lipinski definition) is 2. The van der Waals surface area contributed by atoms with Gasteiger partial charge in [0.15, 0.2) is 0 Å².